The van der Waals surface area contributed by atoms with Crippen molar-refractivity contribution in [3.05, 3.63) is 47.3 Å². The summed E-state index contributed by atoms with van der Waals surface area (Å²) in [5.41, 5.74) is 1.76. The van der Waals surface area contributed by atoms with Crippen molar-refractivity contribution in [2.75, 3.05) is 5.32 Å². The number of amides is 1. The molecule has 1 N–H and O–H groups in total. The number of anilines is 1. The molecule has 0 saturated carbocycles. The molecule has 6 heteroatoms. The number of nitrogens with one attached hydrogen (secondary N) is 1. The molecule has 0 aliphatic carbocycles. The topological polar surface area (TPSA) is 81.4 Å². The smallest absolute Gasteiger partial charge is 0.338 e. The number of carbonyl (C=O) groups excluding carboxylic acids is 2. The molecule has 20 heavy (non-hydrogen) atoms. The molecule has 6 nitrogen and oxygen atoms in total. The molecule has 0 radical (unpaired) electrons. The first-order valence-electron chi connectivity index (χ1n) is 6.01. The second-order valence-electron chi connectivity index (χ2n) is 4.27. The van der Waals surface area contributed by atoms with E-state index in [-0.39, 0.29) is 12.5 Å². The largest absolute Gasteiger partial charge is 0.454 e. The summed E-state index contributed by atoms with van der Waals surface area (Å²) < 4.78 is 10.0. The van der Waals surface area contributed by atoms with Crippen LogP contribution >= 0.6 is 0 Å². The van der Waals surface area contributed by atoms with Gasteiger partial charge < -0.3 is 14.6 Å². The summed E-state index contributed by atoms with van der Waals surface area (Å²) in [6, 6.07) is 8.14. The molecule has 1 amide bonds. The minimum absolute atomic E-state index is 0.0348. The van der Waals surface area contributed by atoms with Gasteiger partial charge in [-0.15, -0.1) is 0 Å². The van der Waals surface area contributed by atoms with E-state index in [0.717, 1.165) is 5.69 Å². The predicted octanol–water partition coefficient (Wildman–Crippen LogP) is 2.30. The molecule has 1 heterocycles. The molecule has 2 rings (SSSR count). The van der Waals surface area contributed by atoms with E-state index in [1.165, 1.54) is 6.92 Å². The Labute approximate surface area is 115 Å². The van der Waals surface area contributed by atoms with E-state index in [9.17, 15) is 9.59 Å². The van der Waals surface area contributed by atoms with Gasteiger partial charge in [0.25, 0.3) is 0 Å². The van der Waals surface area contributed by atoms with Crippen LogP contribution in [0.2, 0.25) is 0 Å². The van der Waals surface area contributed by atoms with Crippen LogP contribution in [0.3, 0.4) is 0 Å². The van der Waals surface area contributed by atoms with Gasteiger partial charge in [0, 0.05) is 18.7 Å². The Morgan fingerprint density at radius 1 is 1.30 bits per heavy atom. The van der Waals surface area contributed by atoms with Gasteiger partial charge in [0.05, 0.1) is 11.3 Å². The maximum absolute atomic E-state index is 11.8. The van der Waals surface area contributed by atoms with Gasteiger partial charge in [0.15, 0.2) is 12.4 Å². The summed E-state index contributed by atoms with van der Waals surface area (Å²) in [4.78, 5) is 22.7. The summed E-state index contributed by atoms with van der Waals surface area (Å²) in [6.45, 7) is 3.24. The lowest BCUT2D eigenvalue weighted by Crippen LogP contribution is -2.07. The number of esters is 1. The number of rotatable bonds is 4. The zero-order chi connectivity index (χ0) is 14.5. The zero-order valence-corrected chi connectivity index (χ0v) is 11.2. The summed E-state index contributed by atoms with van der Waals surface area (Å²) in [5.74, 6) is -0.139. The van der Waals surface area contributed by atoms with E-state index in [0.29, 0.717) is 17.0 Å². The van der Waals surface area contributed by atoms with Crippen LogP contribution in [0.15, 0.2) is 34.9 Å². The molecule has 0 saturated heterocycles. The van der Waals surface area contributed by atoms with Crippen LogP contribution in [0.5, 0.6) is 0 Å². The van der Waals surface area contributed by atoms with E-state index in [2.05, 4.69) is 10.5 Å². The Bertz CT molecular complexity index is 616. The fourth-order valence-electron chi connectivity index (χ4n) is 1.60. The van der Waals surface area contributed by atoms with E-state index in [1.807, 2.05) is 0 Å². The lowest BCUT2D eigenvalue weighted by Gasteiger charge is -2.04. The molecule has 1 aromatic heterocycles. The SMILES string of the molecule is CC(=O)Nc1ccc(C(=O)OCc2cc(C)no2)cc1. The Kier molecular flexibility index (Phi) is 4.14. The van der Waals surface area contributed by atoms with Gasteiger partial charge in [-0.25, -0.2) is 4.79 Å². The number of hydrogen-bond donors (Lipinski definition) is 1. The molecular formula is C14H14N2O4. The molecule has 0 spiro atoms. The van der Waals surface area contributed by atoms with Crippen molar-refractivity contribution in [2.45, 2.75) is 20.5 Å². The zero-order valence-electron chi connectivity index (χ0n) is 11.2. The maximum Gasteiger partial charge on any atom is 0.338 e. The molecule has 0 atom stereocenters. The molecule has 0 unspecified atom stereocenters. The van der Waals surface area contributed by atoms with Crippen molar-refractivity contribution in [2.24, 2.45) is 0 Å². The van der Waals surface area contributed by atoms with Crippen LogP contribution in [-0.4, -0.2) is 17.0 Å². The van der Waals surface area contributed by atoms with Gasteiger partial charge >= 0.3 is 5.97 Å². The average Bonchev–Trinajstić information content (AvgIpc) is 2.82. The number of ether oxygens (including phenoxy) is 1. The minimum atomic E-state index is -0.464. The third kappa shape index (κ3) is 3.68. The van der Waals surface area contributed by atoms with Gasteiger partial charge in [0.1, 0.15) is 0 Å². The minimum Gasteiger partial charge on any atom is -0.454 e. The summed E-state index contributed by atoms with van der Waals surface area (Å²) in [6.07, 6.45) is 0. The normalized spacial score (nSPS) is 10.1. The van der Waals surface area contributed by atoms with Crippen LogP contribution in [0.1, 0.15) is 28.7 Å². The Hall–Kier alpha value is -2.63. The molecule has 0 bridgehead atoms. The number of aryl methyl sites for hydroxylation is 1. The summed E-state index contributed by atoms with van der Waals surface area (Å²) >= 11 is 0. The first-order valence-corrected chi connectivity index (χ1v) is 6.01. The highest BCUT2D eigenvalue weighted by atomic mass is 16.5. The van der Waals surface area contributed by atoms with E-state index in [1.54, 1.807) is 37.3 Å². The highest BCUT2D eigenvalue weighted by molar-refractivity contribution is 5.92. The Balaban J connectivity index is 1.93. The Morgan fingerprint density at radius 3 is 2.55 bits per heavy atom. The van der Waals surface area contributed by atoms with Crippen LogP contribution in [0, 0.1) is 6.92 Å². The van der Waals surface area contributed by atoms with Crippen LogP contribution in [0.4, 0.5) is 5.69 Å². The molecule has 0 aliphatic rings. The first kappa shape index (κ1) is 13.8. The lowest BCUT2D eigenvalue weighted by atomic mass is 10.2. The van der Waals surface area contributed by atoms with Gasteiger partial charge in [-0.05, 0) is 31.2 Å². The Morgan fingerprint density at radius 2 is 2.00 bits per heavy atom. The maximum atomic E-state index is 11.8. The lowest BCUT2D eigenvalue weighted by molar-refractivity contribution is -0.114. The van der Waals surface area contributed by atoms with Crippen molar-refractivity contribution in [1.82, 2.24) is 5.16 Å². The number of nitrogens with zero attached hydrogens (tertiary/aromatic N) is 1. The summed E-state index contributed by atoms with van der Waals surface area (Å²) in [5, 5.41) is 6.32. The quantitative estimate of drug-likeness (QED) is 0.865. The third-order valence-corrected chi connectivity index (χ3v) is 2.46. The molecule has 0 fully saturated rings. The number of hydrogen-bond acceptors (Lipinski definition) is 5. The van der Waals surface area contributed by atoms with Gasteiger partial charge in [-0.1, -0.05) is 5.16 Å². The highest BCUT2D eigenvalue weighted by Gasteiger charge is 2.09. The second kappa shape index (κ2) is 6.01. The molecule has 2 aromatic rings. The third-order valence-electron chi connectivity index (χ3n) is 2.46. The first-order chi connectivity index (χ1) is 9.54. The van der Waals surface area contributed by atoms with Gasteiger partial charge in [-0.3, -0.25) is 4.79 Å². The van der Waals surface area contributed by atoms with Crippen molar-refractivity contribution < 1.29 is 18.8 Å². The van der Waals surface area contributed by atoms with Crippen molar-refractivity contribution in [1.29, 1.82) is 0 Å². The van der Waals surface area contributed by atoms with E-state index in [4.69, 9.17) is 9.26 Å². The van der Waals surface area contributed by atoms with Crippen molar-refractivity contribution in [3.63, 3.8) is 0 Å². The van der Waals surface area contributed by atoms with E-state index < -0.39 is 5.97 Å². The number of carbonyl (C=O) groups is 2. The highest BCUT2D eigenvalue weighted by Crippen LogP contribution is 2.12. The number of benzene rings is 1. The van der Waals surface area contributed by atoms with Crippen LogP contribution in [-0.2, 0) is 16.1 Å². The summed E-state index contributed by atoms with van der Waals surface area (Å²) in [7, 11) is 0. The molecular weight excluding hydrogens is 260 g/mol. The predicted molar refractivity (Wildman–Crippen MR) is 71.1 cm³/mol. The van der Waals surface area contributed by atoms with Crippen molar-refractivity contribution >= 4 is 17.6 Å². The fourth-order valence-corrected chi connectivity index (χ4v) is 1.60. The monoisotopic (exact) mass is 274 g/mol. The second-order valence-corrected chi connectivity index (χ2v) is 4.27. The van der Waals surface area contributed by atoms with Crippen LogP contribution < -0.4 is 5.32 Å². The standard InChI is InChI=1S/C14H14N2O4/c1-9-7-13(20-16-9)8-19-14(18)11-3-5-12(6-4-11)15-10(2)17/h3-7H,8H2,1-2H3,(H,15,17). The van der Waals surface area contributed by atoms with E-state index >= 15 is 0 Å². The molecule has 1 aromatic carbocycles. The fraction of sp³-hybridized carbons (Fsp3) is 0.214. The number of aromatic nitrogens is 1. The van der Waals surface area contributed by atoms with Gasteiger partial charge in [-0.2, -0.15) is 0 Å². The molecule has 0 aliphatic heterocycles. The molecule has 104 valence electrons. The van der Waals surface area contributed by atoms with Crippen molar-refractivity contribution in [3.8, 4) is 0 Å². The average molecular weight is 274 g/mol. The van der Waals surface area contributed by atoms with Crippen LogP contribution in [0.25, 0.3) is 0 Å². The van der Waals surface area contributed by atoms with Gasteiger partial charge in [0.2, 0.25) is 5.91 Å².